The molecule has 6 nitrogen and oxygen atoms in total. The maximum atomic E-state index is 11.6. The van der Waals surface area contributed by atoms with Gasteiger partial charge in [-0.25, -0.2) is 9.59 Å². The zero-order valence-electron chi connectivity index (χ0n) is 8.75. The number of aromatic carboxylic acids is 1. The summed E-state index contributed by atoms with van der Waals surface area (Å²) < 4.78 is 9.71. The Morgan fingerprint density at radius 1 is 1.47 bits per heavy atom. The summed E-state index contributed by atoms with van der Waals surface area (Å²) in [7, 11) is 0. The van der Waals surface area contributed by atoms with Crippen molar-refractivity contribution in [3.63, 3.8) is 0 Å². The Bertz CT molecular complexity index is 463. The van der Waals surface area contributed by atoms with E-state index in [1.807, 2.05) is 0 Å². The molecule has 2 N–H and O–H groups in total. The van der Waals surface area contributed by atoms with Crippen LogP contribution in [0.25, 0.3) is 0 Å². The van der Waals surface area contributed by atoms with Gasteiger partial charge in [-0.05, 0) is 12.1 Å². The summed E-state index contributed by atoms with van der Waals surface area (Å²) in [5, 5.41) is 18.3. The second kappa shape index (κ2) is 4.42. The largest absolute Gasteiger partial charge is 0.507 e. The monoisotopic (exact) mass is 238 g/mol. The Labute approximate surface area is 96.4 Å². The average Bonchev–Trinajstić information content (AvgIpc) is 3.08. The van der Waals surface area contributed by atoms with Crippen LogP contribution in [0.4, 0.5) is 0 Å². The normalized spacial score (nSPS) is 17.5. The number of ether oxygens (including phenoxy) is 2. The van der Waals surface area contributed by atoms with Gasteiger partial charge in [-0.1, -0.05) is 6.07 Å². The number of carbonyl (C=O) groups excluding carboxylic acids is 1. The third-order valence-corrected chi connectivity index (χ3v) is 2.28. The molecule has 1 atom stereocenters. The van der Waals surface area contributed by atoms with Gasteiger partial charge < -0.3 is 19.7 Å². The first-order valence-electron chi connectivity index (χ1n) is 4.93. The minimum absolute atomic E-state index is 0.0908. The number of rotatable bonds is 4. The second-order valence-electron chi connectivity index (χ2n) is 3.56. The van der Waals surface area contributed by atoms with Crippen LogP contribution < -0.4 is 0 Å². The topological polar surface area (TPSA) is 96.4 Å². The molecule has 0 radical (unpaired) electrons. The third kappa shape index (κ3) is 2.54. The van der Waals surface area contributed by atoms with Crippen molar-refractivity contribution in [1.29, 1.82) is 0 Å². The maximum absolute atomic E-state index is 11.6. The number of carboxylic acid groups (broad SMARTS) is 1. The van der Waals surface area contributed by atoms with Crippen molar-refractivity contribution in [2.24, 2.45) is 0 Å². The maximum Gasteiger partial charge on any atom is 0.340 e. The number of esters is 1. The molecule has 0 spiro atoms. The SMILES string of the molecule is O=C(OCC1CO1)c1cccc(O)c1C(=O)O. The predicted octanol–water partition coefficient (Wildman–Crippen LogP) is 0.646. The molecule has 90 valence electrons. The van der Waals surface area contributed by atoms with Crippen LogP contribution in [-0.4, -0.2) is 41.5 Å². The Hall–Kier alpha value is -2.08. The lowest BCUT2D eigenvalue weighted by Gasteiger charge is -2.07. The summed E-state index contributed by atoms with van der Waals surface area (Å²) in [5.74, 6) is -2.62. The molecule has 1 aliphatic heterocycles. The molecular weight excluding hydrogens is 228 g/mol. The molecule has 1 heterocycles. The van der Waals surface area contributed by atoms with E-state index in [0.29, 0.717) is 6.61 Å². The van der Waals surface area contributed by atoms with E-state index < -0.39 is 23.3 Å². The summed E-state index contributed by atoms with van der Waals surface area (Å²) in [4.78, 5) is 22.5. The van der Waals surface area contributed by atoms with E-state index in [0.717, 1.165) is 0 Å². The van der Waals surface area contributed by atoms with Gasteiger partial charge in [0.05, 0.1) is 12.2 Å². The van der Waals surface area contributed by atoms with E-state index in [-0.39, 0.29) is 18.3 Å². The molecule has 1 fully saturated rings. The molecule has 0 amide bonds. The number of carboxylic acids is 1. The summed E-state index contributed by atoms with van der Waals surface area (Å²) in [6.07, 6.45) is -0.0930. The standard InChI is InChI=1S/C11H10O6/c12-8-3-1-2-7(9(8)10(13)14)11(15)17-5-6-4-16-6/h1-3,6,12H,4-5H2,(H,13,14). The van der Waals surface area contributed by atoms with Crippen LogP contribution in [0.5, 0.6) is 5.75 Å². The number of carbonyl (C=O) groups is 2. The molecule has 1 aliphatic rings. The highest BCUT2D eigenvalue weighted by atomic mass is 16.6. The second-order valence-corrected chi connectivity index (χ2v) is 3.56. The highest BCUT2D eigenvalue weighted by Gasteiger charge is 2.26. The molecule has 17 heavy (non-hydrogen) atoms. The number of benzene rings is 1. The van der Waals surface area contributed by atoms with Gasteiger partial charge in [0.2, 0.25) is 0 Å². The van der Waals surface area contributed by atoms with Crippen molar-refractivity contribution in [2.75, 3.05) is 13.2 Å². The molecule has 2 rings (SSSR count). The minimum atomic E-state index is -1.38. The van der Waals surface area contributed by atoms with Crippen molar-refractivity contribution in [3.8, 4) is 5.75 Å². The lowest BCUT2D eigenvalue weighted by molar-refractivity contribution is 0.0466. The number of hydrogen-bond acceptors (Lipinski definition) is 5. The van der Waals surface area contributed by atoms with E-state index in [1.54, 1.807) is 0 Å². The fraction of sp³-hybridized carbons (Fsp3) is 0.273. The number of phenols is 1. The van der Waals surface area contributed by atoms with E-state index in [2.05, 4.69) is 0 Å². The number of hydrogen-bond donors (Lipinski definition) is 2. The molecule has 1 aromatic rings. The fourth-order valence-electron chi connectivity index (χ4n) is 1.35. The van der Waals surface area contributed by atoms with E-state index >= 15 is 0 Å². The van der Waals surface area contributed by atoms with Gasteiger partial charge in [0.25, 0.3) is 0 Å². The molecule has 0 bridgehead atoms. The lowest BCUT2D eigenvalue weighted by atomic mass is 10.1. The van der Waals surface area contributed by atoms with Gasteiger partial charge in [-0.15, -0.1) is 0 Å². The summed E-state index contributed by atoms with van der Waals surface area (Å²) >= 11 is 0. The summed E-state index contributed by atoms with van der Waals surface area (Å²) in [6.45, 7) is 0.632. The van der Waals surface area contributed by atoms with E-state index in [1.165, 1.54) is 18.2 Å². The number of epoxide rings is 1. The van der Waals surface area contributed by atoms with Crippen LogP contribution >= 0.6 is 0 Å². The smallest absolute Gasteiger partial charge is 0.340 e. The molecule has 1 saturated heterocycles. The zero-order valence-corrected chi connectivity index (χ0v) is 8.75. The van der Waals surface area contributed by atoms with Crippen LogP contribution in [0.2, 0.25) is 0 Å². The zero-order chi connectivity index (χ0) is 12.4. The van der Waals surface area contributed by atoms with Crippen molar-refractivity contribution in [3.05, 3.63) is 29.3 Å². The molecule has 1 unspecified atom stereocenters. The van der Waals surface area contributed by atoms with Crippen molar-refractivity contribution < 1.29 is 29.3 Å². The highest BCUT2D eigenvalue weighted by Crippen LogP contribution is 2.22. The average molecular weight is 238 g/mol. The predicted molar refractivity (Wildman–Crippen MR) is 55.1 cm³/mol. The van der Waals surface area contributed by atoms with Crippen LogP contribution in [0.3, 0.4) is 0 Å². The van der Waals surface area contributed by atoms with Crippen molar-refractivity contribution in [1.82, 2.24) is 0 Å². The quantitative estimate of drug-likeness (QED) is 0.590. The third-order valence-electron chi connectivity index (χ3n) is 2.28. The fourth-order valence-corrected chi connectivity index (χ4v) is 1.35. The van der Waals surface area contributed by atoms with Crippen molar-refractivity contribution in [2.45, 2.75) is 6.10 Å². The Morgan fingerprint density at radius 3 is 2.76 bits per heavy atom. The van der Waals surface area contributed by atoms with Crippen LogP contribution in [0.1, 0.15) is 20.7 Å². The van der Waals surface area contributed by atoms with Crippen LogP contribution in [0, 0.1) is 0 Å². The van der Waals surface area contributed by atoms with Crippen molar-refractivity contribution >= 4 is 11.9 Å². The molecule has 6 heteroatoms. The first-order valence-corrected chi connectivity index (χ1v) is 4.93. The Balaban J connectivity index is 2.20. The van der Waals surface area contributed by atoms with Gasteiger partial charge in [0.1, 0.15) is 24.0 Å². The highest BCUT2D eigenvalue weighted by molar-refractivity contribution is 6.04. The molecule has 0 aliphatic carbocycles. The van der Waals surface area contributed by atoms with Gasteiger partial charge in [0, 0.05) is 0 Å². The van der Waals surface area contributed by atoms with Crippen LogP contribution in [0.15, 0.2) is 18.2 Å². The number of aromatic hydroxyl groups is 1. The molecule has 0 saturated carbocycles. The summed E-state index contributed by atoms with van der Waals surface area (Å²) in [5.41, 5.74) is -0.618. The molecule has 1 aromatic carbocycles. The van der Waals surface area contributed by atoms with Gasteiger partial charge in [0.15, 0.2) is 0 Å². The van der Waals surface area contributed by atoms with Crippen LogP contribution in [-0.2, 0) is 9.47 Å². The van der Waals surface area contributed by atoms with E-state index in [4.69, 9.17) is 14.6 Å². The minimum Gasteiger partial charge on any atom is -0.507 e. The van der Waals surface area contributed by atoms with Gasteiger partial charge in [-0.2, -0.15) is 0 Å². The molecular formula is C11H10O6. The lowest BCUT2D eigenvalue weighted by Crippen LogP contribution is -2.14. The first kappa shape index (κ1) is 11.4. The van der Waals surface area contributed by atoms with E-state index in [9.17, 15) is 14.7 Å². The summed E-state index contributed by atoms with van der Waals surface area (Å²) in [6, 6.07) is 3.87. The molecule has 0 aromatic heterocycles. The Kier molecular flexibility index (Phi) is 2.97. The Morgan fingerprint density at radius 2 is 2.18 bits per heavy atom. The first-order chi connectivity index (χ1) is 8.09. The van der Waals surface area contributed by atoms with Gasteiger partial charge >= 0.3 is 11.9 Å². The van der Waals surface area contributed by atoms with Gasteiger partial charge in [-0.3, -0.25) is 0 Å².